The zero-order valence-electron chi connectivity index (χ0n) is 9.36. The van der Waals surface area contributed by atoms with Crippen LogP contribution in [0.1, 0.15) is 25.0 Å². The summed E-state index contributed by atoms with van der Waals surface area (Å²) in [7, 11) is 1.75. The molecule has 4 nitrogen and oxygen atoms in total. The number of ether oxygens (including phenoxy) is 1. The Morgan fingerprint density at radius 3 is 3.00 bits per heavy atom. The van der Waals surface area contributed by atoms with E-state index in [4.69, 9.17) is 10.00 Å². The second-order valence-corrected chi connectivity index (χ2v) is 4.11. The normalized spacial score (nSPS) is 17.2. The number of nitrogens with one attached hydrogen (secondary N) is 1. The van der Waals surface area contributed by atoms with Crippen LogP contribution >= 0.6 is 0 Å². The van der Waals surface area contributed by atoms with Crippen LogP contribution in [0.2, 0.25) is 0 Å². The molecule has 0 unspecified atom stereocenters. The third kappa shape index (κ3) is 2.00. The van der Waals surface area contributed by atoms with Gasteiger partial charge in [-0.15, -0.1) is 0 Å². The highest BCUT2D eigenvalue weighted by molar-refractivity contribution is 5.53. The minimum Gasteiger partial charge on any atom is -0.380 e. The van der Waals surface area contributed by atoms with Gasteiger partial charge >= 0.3 is 0 Å². The highest BCUT2D eigenvalue weighted by atomic mass is 16.5. The lowest BCUT2D eigenvalue weighted by atomic mass is 9.80. The molecule has 84 valence electrons. The minimum atomic E-state index is -0.0391. The summed E-state index contributed by atoms with van der Waals surface area (Å²) in [4.78, 5) is 4.00. The van der Waals surface area contributed by atoms with Crippen LogP contribution in [0.15, 0.2) is 18.3 Å². The van der Waals surface area contributed by atoms with E-state index in [-0.39, 0.29) is 5.60 Å². The Labute approximate surface area is 95.3 Å². The summed E-state index contributed by atoms with van der Waals surface area (Å²) in [6, 6.07) is 5.76. The van der Waals surface area contributed by atoms with Crippen molar-refractivity contribution in [1.82, 2.24) is 4.98 Å². The lowest BCUT2D eigenvalue weighted by molar-refractivity contribution is -0.0601. The van der Waals surface area contributed by atoms with Gasteiger partial charge in [0, 0.05) is 19.9 Å². The number of aromatic nitrogens is 1. The molecule has 1 aliphatic rings. The lowest BCUT2D eigenvalue weighted by Crippen LogP contribution is -2.45. The third-order valence-corrected chi connectivity index (χ3v) is 3.21. The van der Waals surface area contributed by atoms with E-state index in [0.29, 0.717) is 5.69 Å². The largest absolute Gasteiger partial charge is 0.380 e. The van der Waals surface area contributed by atoms with Gasteiger partial charge in [0.25, 0.3) is 0 Å². The van der Waals surface area contributed by atoms with Gasteiger partial charge in [0.2, 0.25) is 0 Å². The molecule has 1 aromatic rings. The maximum Gasteiger partial charge on any atom is 0.163 e. The molecule has 16 heavy (non-hydrogen) atoms. The SMILES string of the molecule is COC1(CNc2cccnc2C#N)CCC1. The standard InChI is InChI=1S/C12H15N3O/c1-16-12(5-3-6-12)9-15-10-4-2-7-14-11(10)8-13/h2,4,7,15H,3,5-6,9H2,1H3. The molecule has 1 saturated carbocycles. The minimum absolute atomic E-state index is 0.0391. The first-order valence-corrected chi connectivity index (χ1v) is 5.44. The van der Waals surface area contributed by atoms with Crippen molar-refractivity contribution in [2.24, 2.45) is 0 Å². The molecule has 1 fully saturated rings. The molecule has 0 saturated heterocycles. The number of nitrogens with zero attached hydrogens (tertiary/aromatic N) is 2. The average Bonchev–Trinajstić information content (AvgIpc) is 2.29. The van der Waals surface area contributed by atoms with Crippen molar-refractivity contribution >= 4 is 5.69 Å². The first-order valence-electron chi connectivity index (χ1n) is 5.44. The molecule has 1 aromatic heterocycles. The molecule has 1 N–H and O–H groups in total. The predicted octanol–water partition coefficient (Wildman–Crippen LogP) is 1.93. The van der Waals surface area contributed by atoms with Crippen LogP contribution in [-0.4, -0.2) is 24.2 Å². The highest BCUT2D eigenvalue weighted by Gasteiger charge is 2.36. The van der Waals surface area contributed by atoms with Crippen molar-refractivity contribution in [3.8, 4) is 6.07 Å². The second kappa shape index (κ2) is 4.50. The molecule has 0 bridgehead atoms. The molecule has 0 spiro atoms. The van der Waals surface area contributed by atoms with Crippen molar-refractivity contribution in [2.45, 2.75) is 24.9 Å². The molecule has 0 amide bonds. The Morgan fingerprint density at radius 1 is 1.62 bits per heavy atom. The zero-order chi connectivity index (χ0) is 11.4. The molecule has 0 aromatic carbocycles. The smallest absolute Gasteiger partial charge is 0.163 e. The molecule has 4 heteroatoms. The molecule has 0 atom stereocenters. The van der Waals surface area contributed by atoms with E-state index in [2.05, 4.69) is 16.4 Å². The van der Waals surface area contributed by atoms with Crippen molar-refractivity contribution in [2.75, 3.05) is 19.0 Å². The number of anilines is 1. The first kappa shape index (κ1) is 10.9. The molecule has 1 aliphatic carbocycles. The summed E-state index contributed by atoms with van der Waals surface area (Å²) in [5.74, 6) is 0. The predicted molar refractivity (Wildman–Crippen MR) is 61.0 cm³/mol. The van der Waals surface area contributed by atoms with Gasteiger partial charge in [0.1, 0.15) is 6.07 Å². The van der Waals surface area contributed by atoms with Gasteiger partial charge in [0.05, 0.1) is 11.3 Å². The summed E-state index contributed by atoms with van der Waals surface area (Å²) < 4.78 is 5.50. The van der Waals surface area contributed by atoms with Crippen molar-refractivity contribution < 1.29 is 4.74 Å². The summed E-state index contributed by atoms with van der Waals surface area (Å²) in [6.45, 7) is 0.740. The van der Waals surface area contributed by atoms with E-state index in [9.17, 15) is 0 Å². The van der Waals surface area contributed by atoms with Gasteiger partial charge in [-0.25, -0.2) is 4.98 Å². The Hall–Kier alpha value is -1.60. The van der Waals surface area contributed by atoms with Gasteiger partial charge < -0.3 is 10.1 Å². The highest BCUT2D eigenvalue weighted by Crippen LogP contribution is 2.35. The van der Waals surface area contributed by atoms with Crippen LogP contribution in [0.5, 0.6) is 0 Å². The zero-order valence-corrected chi connectivity index (χ0v) is 9.36. The monoisotopic (exact) mass is 217 g/mol. The quantitative estimate of drug-likeness (QED) is 0.837. The van der Waals surface area contributed by atoms with Crippen molar-refractivity contribution in [3.63, 3.8) is 0 Å². The topological polar surface area (TPSA) is 57.9 Å². The van der Waals surface area contributed by atoms with Crippen molar-refractivity contribution in [3.05, 3.63) is 24.0 Å². The van der Waals surface area contributed by atoms with Gasteiger partial charge in [-0.2, -0.15) is 5.26 Å². The lowest BCUT2D eigenvalue weighted by Gasteiger charge is -2.40. The number of nitriles is 1. The molecule has 2 rings (SSSR count). The van der Waals surface area contributed by atoms with Crippen LogP contribution in [-0.2, 0) is 4.74 Å². The summed E-state index contributed by atoms with van der Waals surface area (Å²) >= 11 is 0. The van der Waals surface area contributed by atoms with Crippen LogP contribution in [0.25, 0.3) is 0 Å². The van der Waals surface area contributed by atoms with Gasteiger partial charge in [-0.3, -0.25) is 0 Å². The fraction of sp³-hybridized carbons (Fsp3) is 0.500. The van der Waals surface area contributed by atoms with Crippen LogP contribution in [0.3, 0.4) is 0 Å². The van der Waals surface area contributed by atoms with E-state index in [0.717, 1.165) is 25.1 Å². The Bertz CT molecular complexity index is 401. The molecule has 0 aliphatic heterocycles. The summed E-state index contributed by atoms with van der Waals surface area (Å²) in [5.41, 5.74) is 1.18. The molecule has 1 heterocycles. The van der Waals surface area contributed by atoms with Crippen molar-refractivity contribution in [1.29, 1.82) is 5.26 Å². The van der Waals surface area contributed by atoms with Gasteiger partial charge in [0.15, 0.2) is 5.69 Å². The molecular weight excluding hydrogens is 202 g/mol. The van der Waals surface area contributed by atoms with Crippen LogP contribution < -0.4 is 5.32 Å². The Balaban J connectivity index is 2.02. The summed E-state index contributed by atoms with van der Waals surface area (Å²) in [5, 5.41) is 12.1. The maximum atomic E-state index is 8.89. The van der Waals surface area contributed by atoms with Gasteiger partial charge in [-0.1, -0.05) is 0 Å². The fourth-order valence-corrected chi connectivity index (χ4v) is 1.92. The van der Waals surface area contributed by atoms with Crippen LogP contribution in [0.4, 0.5) is 5.69 Å². The Morgan fingerprint density at radius 2 is 2.44 bits per heavy atom. The molecular formula is C12H15N3O. The third-order valence-electron chi connectivity index (χ3n) is 3.21. The Kier molecular flexibility index (Phi) is 3.07. The first-order chi connectivity index (χ1) is 7.79. The van der Waals surface area contributed by atoms with E-state index in [1.54, 1.807) is 13.3 Å². The van der Waals surface area contributed by atoms with E-state index >= 15 is 0 Å². The van der Waals surface area contributed by atoms with E-state index in [1.807, 2.05) is 12.1 Å². The second-order valence-electron chi connectivity index (χ2n) is 4.11. The van der Waals surface area contributed by atoms with Gasteiger partial charge in [-0.05, 0) is 31.4 Å². The fourth-order valence-electron chi connectivity index (χ4n) is 1.92. The van der Waals surface area contributed by atoms with E-state index in [1.165, 1.54) is 6.42 Å². The summed E-state index contributed by atoms with van der Waals surface area (Å²) in [6.07, 6.45) is 5.00. The number of rotatable bonds is 4. The average molecular weight is 217 g/mol. The number of hydrogen-bond donors (Lipinski definition) is 1. The van der Waals surface area contributed by atoms with E-state index < -0.39 is 0 Å². The number of hydrogen-bond acceptors (Lipinski definition) is 4. The number of pyridine rings is 1. The number of methoxy groups -OCH3 is 1. The van der Waals surface area contributed by atoms with Crippen LogP contribution in [0, 0.1) is 11.3 Å². The maximum absolute atomic E-state index is 8.89. The molecule has 0 radical (unpaired) electrons.